The van der Waals surface area contributed by atoms with Gasteiger partial charge >= 0.3 is 19.1 Å². The third-order valence-electron chi connectivity index (χ3n) is 6.88. The molecule has 1 aliphatic heterocycles. The zero-order chi connectivity index (χ0) is 20.5. The molecule has 0 aromatic carbocycles. The molecule has 0 aromatic heterocycles. The summed E-state index contributed by atoms with van der Waals surface area (Å²) in [6.07, 6.45) is 4.59. The molecule has 1 saturated heterocycles. The Bertz CT molecular complexity index is 527. The lowest BCUT2D eigenvalue weighted by atomic mass is 9.79. The Morgan fingerprint density at radius 1 is 0.963 bits per heavy atom. The van der Waals surface area contributed by atoms with Crippen molar-refractivity contribution in [2.45, 2.75) is 84.2 Å². The standard InChI is InChI=1S/C20H35BO6/c1-8-14-12-20(16(22)24-6,17(23)25-7)13-15(14)10-9-11-21-26-18(2,3)19(4,5)27-21/h14-15H,8-13H2,1-7H3/t14-,15-/m0/s1. The van der Waals surface area contributed by atoms with Crippen LogP contribution in [0.2, 0.25) is 6.32 Å². The molecule has 2 fully saturated rings. The Kier molecular flexibility index (Phi) is 6.68. The highest BCUT2D eigenvalue weighted by Crippen LogP contribution is 2.50. The molecule has 0 spiro atoms. The first-order chi connectivity index (χ1) is 12.5. The molecule has 27 heavy (non-hydrogen) atoms. The molecule has 0 bridgehead atoms. The maximum absolute atomic E-state index is 12.4. The van der Waals surface area contributed by atoms with Gasteiger partial charge in [0.15, 0.2) is 5.41 Å². The average molecular weight is 382 g/mol. The molecule has 2 aliphatic rings. The van der Waals surface area contributed by atoms with Gasteiger partial charge < -0.3 is 18.8 Å². The van der Waals surface area contributed by atoms with Crippen LogP contribution < -0.4 is 0 Å². The van der Waals surface area contributed by atoms with E-state index < -0.39 is 17.4 Å². The maximum Gasteiger partial charge on any atom is 0.457 e. The van der Waals surface area contributed by atoms with Crippen molar-refractivity contribution < 1.29 is 28.4 Å². The van der Waals surface area contributed by atoms with Gasteiger partial charge in [-0.2, -0.15) is 0 Å². The Balaban J connectivity index is 1.98. The van der Waals surface area contributed by atoms with Crippen LogP contribution in [0.4, 0.5) is 0 Å². The second kappa shape index (κ2) is 8.12. The van der Waals surface area contributed by atoms with Crippen LogP contribution in [0.3, 0.4) is 0 Å². The minimum Gasteiger partial charge on any atom is -0.468 e. The molecule has 0 aromatic rings. The second-order valence-electron chi connectivity index (χ2n) is 9.02. The molecule has 1 aliphatic carbocycles. The van der Waals surface area contributed by atoms with Crippen LogP contribution in [0, 0.1) is 17.3 Å². The van der Waals surface area contributed by atoms with Crippen LogP contribution in [-0.4, -0.2) is 44.5 Å². The van der Waals surface area contributed by atoms with E-state index in [1.165, 1.54) is 14.2 Å². The fourth-order valence-corrected chi connectivity index (χ4v) is 4.56. The molecule has 2 atom stereocenters. The van der Waals surface area contributed by atoms with E-state index >= 15 is 0 Å². The lowest BCUT2D eigenvalue weighted by Gasteiger charge is -2.32. The Labute approximate surface area is 163 Å². The predicted molar refractivity (Wildman–Crippen MR) is 103 cm³/mol. The number of carbonyl (C=O) groups excluding carboxylic acids is 2. The quantitative estimate of drug-likeness (QED) is 0.380. The fraction of sp³-hybridized carbons (Fsp3) is 0.900. The van der Waals surface area contributed by atoms with Gasteiger partial charge in [0.2, 0.25) is 0 Å². The average Bonchev–Trinajstić information content (AvgIpc) is 3.08. The summed E-state index contributed by atoms with van der Waals surface area (Å²) in [5.41, 5.74) is -1.79. The number of rotatable bonds is 7. The van der Waals surface area contributed by atoms with Gasteiger partial charge in [-0.05, 0) is 58.7 Å². The summed E-state index contributed by atoms with van der Waals surface area (Å²) in [6.45, 7) is 10.3. The molecule has 154 valence electrons. The van der Waals surface area contributed by atoms with Gasteiger partial charge in [-0.25, -0.2) is 0 Å². The molecule has 0 unspecified atom stereocenters. The highest BCUT2D eigenvalue weighted by atomic mass is 16.7. The lowest BCUT2D eigenvalue weighted by molar-refractivity contribution is -0.169. The summed E-state index contributed by atoms with van der Waals surface area (Å²) in [5.74, 6) is -0.348. The van der Waals surface area contributed by atoms with Crippen molar-refractivity contribution in [3.8, 4) is 0 Å². The monoisotopic (exact) mass is 382 g/mol. The van der Waals surface area contributed by atoms with Crippen LogP contribution in [0.1, 0.15) is 66.7 Å². The Morgan fingerprint density at radius 2 is 1.44 bits per heavy atom. The minimum absolute atomic E-state index is 0.206. The number of carbonyl (C=O) groups is 2. The van der Waals surface area contributed by atoms with Crippen molar-refractivity contribution in [1.82, 2.24) is 0 Å². The van der Waals surface area contributed by atoms with Crippen molar-refractivity contribution in [1.29, 1.82) is 0 Å². The topological polar surface area (TPSA) is 71.1 Å². The van der Waals surface area contributed by atoms with E-state index in [1.807, 2.05) is 0 Å². The van der Waals surface area contributed by atoms with Gasteiger partial charge in [0.05, 0.1) is 25.4 Å². The molecule has 0 N–H and O–H groups in total. The lowest BCUT2D eigenvalue weighted by Crippen LogP contribution is -2.41. The first-order valence-corrected chi connectivity index (χ1v) is 10.1. The number of esters is 2. The van der Waals surface area contributed by atoms with Gasteiger partial charge in [-0.3, -0.25) is 9.59 Å². The molecule has 7 heteroatoms. The third kappa shape index (κ3) is 4.19. The van der Waals surface area contributed by atoms with E-state index in [-0.39, 0.29) is 24.2 Å². The molecule has 1 saturated carbocycles. The normalized spacial score (nSPS) is 28.2. The van der Waals surface area contributed by atoms with Crippen LogP contribution in [0.25, 0.3) is 0 Å². The number of hydrogen-bond donors (Lipinski definition) is 0. The Morgan fingerprint density at radius 3 is 1.89 bits per heavy atom. The first kappa shape index (κ1) is 22.2. The first-order valence-electron chi connectivity index (χ1n) is 10.1. The number of ether oxygens (including phenoxy) is 2. The molecular formula is C20H35BO6. The summed E-state index contributed by atoms with van der Waals surface area (Å²) in [7, 11) is 2.46. The van der Waals surface area contributed by atoms with E-state index in [1.54, 1.807) is 0 Å². The van der Waals surface area contributed by atoms with E-state index in [2.05, 4.69) is 34.6 Å². The smallest absolute Gasteiger partial charge is 0.457 e. The number of hydrogen-bond acceptors (Lipinski definition) is 6. The maximum atomic E-state index is 12.4. The van der Waals surface area contributed by atoms with Gasteiger partial charge in [0, 0.05) is 0 Å². The molecular weight excluding hydrogens is 347 g/mol. The molecule has 0 amide bonds. The fourth-order valence-electron chi connectivity index (χ4n) is 4.56. The highest BCUT2D eigenvalue weighted by molar-refractivity contribution is 6.45. The van der Waals surface area contributed by atoms with Gasteiger partial charge in [0.1, 0.15) is 0 Å². The van der Waals surface area contributed by atoms with Gasteiger partial charge in [-0.15, -0.1) is 0 Å². The van der Waals surface area contributed by atoms with Crippen LogP contribution in [-0.2, 0) is 28.4 Å². The zero-order valence-corrected chi connectivity index (χ0v) is 17.9. The van der Waals surface area contributed by atoms with E-state index in [4.69, 9.17) is 18.8 Å². The molecule has 1 heterocycles. The minimum atomic E-state index is -1.15. The highest BCUT2D eigenvalue weighted by Gasteiger charge is 2.56. The number of methoxy groups -OCH3 is 2. The van der Waals surface area contributed by atoms with Crippen molar-refractivity contribution in [2.24, 2.45) is 17.3 Å². The van der Waals surface area contributed by atoms with Crippen LogP contribution in [0.5, 0.6) is 0 Å². The van der Waals surface area contributed by atoms with E-state index in [0.717, 1.165) is 25.6 Å². The summed E-state index contributed by atoms with van der Waals surface area (Å²) < 4.78 is 22.0. The van der Waals surface area contributed by atoms with E-state index in [0.29, 0.717) is 18.8 Å². The summed E-state index contributed by atoms with van der Waals surface area (Å²) in [5, 5.41) is 0. The largest absolute Gasteiger partial charge is 0.468 e. The van der Waals surface area contributed by atoms with Gasteiger partial charge in [-0.1, -0.05) is 26.2 Å². The van der Waals surface area contributed by atoms with Crippen LogP contribution in [0.15, 0.2) is 0 Å². The molecule has 6 nitrogen and oxygen atoms in total. The van der Waals surface area contributed by atoms with Crippen LogP contribution >= 0.6 is 0 Å². The summed E-state index contributed by atoms with van der Waals surface area (Å²) in [6, 6.07) is 0. The third-order valence-corrected chi connectivity index (χ3v) is 6.88. The van der Waals surface area contributed by atoms with E-state index in [9.17, 15) is 9.59 Å². The summed E-state index contributed by atoms with van der Waals surface area (Å²) >= 11 is 0. The van der Waals surface area contributed by atoms with Crippen molar-refractivity contribution in [2.75, 3.05) is 14.2 Å². The van der Waals surface area contributed by atoms with Crippen molar-refractivity contribution in [3.63, 3.8) is 0 Å². The van der Waals surface area contributed by atoms with Gasteiger partial charge in [0.25, 0.3) is 0 Å². The zero-order valence-electron chi connectivity index (χ0n) is 17.9. The molecule has 2 rings (SSSR count). The summed E-state index contributed by atoms with van der Waals surface area (Å²) in [4.78, 5) is 24.8. The predicted octanol–water partition coefficient (Wildman–Crippen LogP) is 3.63. The van der Waals surface area contributed by atoms with Crippen molar-refractivity contribution in [3.05, 3.63) is 0 Å². The second-order valence-corrected chi connectivity index (χ2v) is 9.02. The Hall–Kier alpha value is -1.08. The molecule has 0 radical (unpaired) electrons. The van der Waals surface area contributed by atoms with Crippen molar-refractivity contribution >= 4 is 19.1 Å². The SMILES string of the molecule is CC[C@H]1CC(C(=O)OC)(C(=O)OC)C[C@@H]1CCCB1OC(C)(C)C(C)(C)O1.